The molecular weight excluding hydrogens is 423 g/mol. The maximum atomic E-state index is 13.2. The molecular formula is C20H21ClF3N3O3. The second-order valence-electron chi connectivity index (χ2n) is 6.67. The molecule has 0 radical (unpaired) electrons. The highest BCUT2D eigenvalue weighted by Crippen LogP contribution is 2.32. The fourth-order valence-corrected chi connectivity index (χ4v) is 2.97. The summed E-state index contributed by atoms with van der Waals surface area (Å²) in [5.41, 5.74) is 0.320. The highest BCUT2D eigenvalue weighted by molar-refractivity contribution is 6.31. The molecule has 10 heteroatoms. The van der Waals surface area contributed by atoms with Gasteiger partial charge in [0.2, 0.25) is 6.41 Å². The molecule has 1 atom stereocenters. The number of aryl methyl sites for hydroxylation is 2. The predicted molar refractivity (Wildman–Crippen MR) is 108 cm³/mol. The SMILES string of the molecule is COCC(C(=O)N(C)c1ccc(Cl)c(C)c1)N(C=O)c1cc(C(F)(F)F)cc(C)n1. The molecule has 0 aliphatic carbocycles. The van der Waals surface area contributed by atoms with E-state index < -0.39 is 23.7 Å². The van der Waals surface area contributed by atoms with Crippen LogP contribution in [0, 0.1) is 13.8 Å². The minimum absolute atomic E-state index is 0.0528. The van der Waals surface area contributed by atoms with Crippen molar-refractivity contribution in [2.75, 3.05) is 30.6 Å². The third kappa shape index (κ3) is 5.28. The number of amides is 2. The van der Waals surface area contributed by atoms with E-state index >= 15 is 0 Å². The van der Waals surface area contributed by atoms with E-state index in [1.165, 1.54) is 26.0 Å². The average Bonchev–Trinajstić information content (AvgIpc) is 2.68. The van der Waals surface area contributed by atoms with Crippen LogP contribution in [-0.4, -0.2) is 44.1 Å². The molecule has 2 aromatic rings. The van der Waals surface area contributed by atoms with Crippen LogP contribution in [-0.2, 0) is 20.5 Å². The maximum Gasteiger partial charge on any atom is 0.416 e. The van der Waals surface area contributed by atoms with Crippen LogP contribution < -0.4 is 9.80 Å². The number of carbonyl (C=O) groups excluding carboxylic acids is 2. The van der Waals surface area contributed by atoms with E-state index in [9.17, 15) is 22.8 Å². The average molecular weight is 444 g/mol. The van der Waals surface area contributed by atoms with Crippen LogP contribution in [0.3, 0.4) is 0 Å². The van der Waals surface area contributed by atoms with Crippen molar-refractivity contribution in [1.29, 1.82) is 0 Å². The molecule has 0 saturated heterocycles. The Morgan fingerprint density at radius 1 is 1.27 bits per heavy atom. The third-order valence-electron chi connectivity index (χ3n) is 4.45. The summed E-state index contributed by atoms with van der Waals surface area (Å²) in [7, 11) is 2.81. The summed E-state index contributed by atoms with van der Waals surface area (Å²) in [6.45, 7) is 2.90. The van der Waals surface area contributed by atoms with Crippen molar-refractivity contribution in [3.05, 3.63) is 52.2 Å². The number of pyridine rings is 1. The number of rotatable bonds is 7. The van der Waals surface area contributed by atoms with Crippen LogP contribution in [0.4, 0.5) is 24.7 Å². The van der Waals surface area contributed by atoms with Crippen molar-refractivity contribution in [1.82, 2.24) is 4.98 Å². The van der Waals surface area contributed by atoms with E-state index in [0.717, 1.165) is 22.6 Å². The molecule has 0 N–H and O–H groups in total. The summed E-state index contributed by atoms with van der Waals surface area (Å²) in [6, 6.07) is 5.28. The summed E-state index contributed by atoms with van der Waals surface area (Å²) in [6.07, 6.45) is -4.36. The van der Waals surface area contributed by atoms with Crippen LogP contribution in [0.2, 0.25) is 5.02 Å². The van der Waals surface area contributed by atoms with Gasteiger partial charge in [0.1, 0.15) is 11.9 Å². The van der Waals surface area contributed by atoms with Crippen LogP contribution in [0.25, 0.3) is 0 Å². The van der Waals surface area contributed by atoms with Gasteiger partial charge in [0.25, 0.3) is 5.91 Å². The normalized spacial score (nSPS) is 12.4. The van der Waals surface area contributed by atoms with Crippen molar-refractivity contribution in [2.45, 2.75) is 26.1 Å². The van der Waals surface area contributed by atoms with Crippen LogP contribution in [0.15, 0.2) is 30.3 Å². The molecule has 162 valence electrons. The first-order valence-corrected chi connectivity index (χ1v) is 9.19. The first kappa shape index (κ1) is 23.6. The molecule has 0 saturated carbocycles. The van der Waals surface area contributed by atoms with Gasteiger partial charge in [-0.3, -0.25) is 14.5 Å². The second kappa shape index (κ2) is 9.44. The minimum Gasteiger partial charge on any atom is -0.382 e. The fourth-order valence-electron chi connectivity index (χ4n) is 2.85. The highest BCUT2D eigenvalue weighted by atomic mass is 35.5. The molecule has 2 amide bonds. The lowest BCUT2D eigenvalue weighted by atomic mass is 10.1. The Hall–Kier alpha value is -2.65. The molecule has 0 spiro atoms. The highest BCUT2D eigenvalue weighted by Gasteiger charge is 2.35. The van der Waals surface area contributed by atoms with Gasteiger partial charge in [-0.2, -0.15) is 13.2 Å². The van der Waals surface area contributed by atoms with Crippen molar-refractivity contribution >= 4 is 35.4 Å². The number of benzene rings is 1. The zero-order valence-electron chi connectivity index (χ0n) is 16.8. The van der Waals surface area contributed by atoms with E-state index in [1.807, 2.05) is 0 Å². The number of hydrogen-bond donors (Lipinski definition) is 0. The van der Waals surface area contributed by atoms with Crippen molar-refractivity contribution in [2.24, 2.45) is 0 Å². The van der Waals surface area contributed by atoms with Crippen LogP contribution in [0.5, 0.6) is 0 Å². The molecule has 0 aliphatic rings. The van der Waals surface area contributed by atoms with E-state index in [1.54, 1.807) is 25.1 Å². The zero-order valence-corrected chi connectivity index (χ0v) is 17.6. The summed E-state index contributed by atoms with van der Waals surface area (Å²) in [5.74, 6) is -0.865. The number of alkyl halides is 3. The lowest BCUT2D eigenvalue weighted by Crippen LogP contribution is -2.50. The Labute approximate surface area is 177 Å². The summed E-state index contributed by atoms with van der Waals surface area (Å²) in [5, 5.41) is 0.520. The topological polar surface area (TPSA) is 62.7 Å². The lowest BCUT2D eigenvalue weighted by Gasteiger charge is -2.30. The first-order chi connectivity index (χ1) is 14.0. The summed E-state index contributed by atoms with van der Waals surface area (Å²) >= 11 is 6.02. The van der Waals surface area contributed by atoms with E-state index in [-0.39, 0.29) is 24.5 Å². The van der Waals surface area contributed by atoms with Gasteiger partial charge in [0.15, 0.2) is 0 Å². The van der Waals surface area contributed by atoms with Gasteiger partial charge in [-0.05, 0) is 49.7 Å². The van der Waals surface area contributed by atoms with Gasteiger partial charge < -0.3 is 9.64 Å². The Morgan fingerprint density at radius 3 is 2.47 bits per heavy atom. The monoisotopic (exact) mass is 443 g/mol. The quantitative estimate of drug-likeness (QED) is 0.606. The molecule has 0 bridgehead atoms. The number of aromatic nitrogens is 1. The first-order valence-electron chi connectivity index (χ1n) is 8.81. The van der Waals surface area contributed by atoms with Gasteiger partial charge in [-0.25, -0.2) is 4.98 Å². The van der Waals surface area contributed by atoms with Gasteiger partial charge >= 0.3 is 6.18 Å². The fraction of sp³-hybridized carbons (Fsp3) is 0.350. The smallest absolute Gasteiger partial charge is 0.382 e. The molecule has 2 rings (SSSR count). The number of ether oxygens (including phenoxy) is 1. The molecule has 1 aromatic carbocycles. The lowest BCUT2D eigenvalue weighted by molar-refractivity contribution is -0.137. The number of halogens is 4. The van der Waals surface area contributed by atoms with Gasteiger partial charge in [0, 0.05) is 30.6 Å². The Kier molecular flexibility index (Phi) is 7.44. The van der Waals surface area contributed by atoms with E-state index in [2.05, 4.69) is 4.98 Å². The number of nitrogens with zero attached hydrogens (tertiary/aromatic N) is 3. The zero-order chi connectivity index (χ0) is 22.6. The number of methoxy groups -OCH3 is 1. The molecule has 0 fully saturated rings. The van der Waals surface area contributed by atoms with Crippen molar-refractivity contribution < 1.29 is 27.5 Å². The molecule has 1 unspecified atom stereocenters. The van der Waals surface area contributed by atoms with Crippen molar-refractivity contribution in [3.63, 3.8) is 0 Å². The maximum absolute atomic E-state index is 13.2. The number of likely N-dealkylation sites (N-methyl/N-ethyl adjacent to an activating group) is 1. The van der Waals surface area contributed by atoms with Crippen molar-refractivity contribution in [3.8, 4) is 0 Å². The summed E-state index contributed by atoms with van der Waals surface area (Å²) in [4.78, 5) is 31.1. The van der Waals surface area contributed by atoms with E-state index in [4.69, 9.17) is 16.3 Å². The molecule has 1 heterocycles. The predicted octanol–water partition coefficient (Wildman–Crippen LogP) is 4.01. The standard InChI is InChI=1S/C20H21ClF3N3O3/c1-12-7-15(5-6-16(12)21)26(3)19(29)17(10-30-4)27(11-28)18-9-14(20(22,23)24)8-13(2)25-18/h5-9,11,17H,10H2,1-4H3. The van der Waals surface area contributed by atoms with Gasteiger partial charge in [-0.1, -0.05) is 11.6 Å². The third-order valence-corrected chi connectivity index (χ3v) is 4.87. The van der Waals surface area contributed by atoms with Gasteiger partial charge in [-0.15, -0.1) is 0 Å². The van der Waals surface area contributed by atoms with Crippen LogP contribution in [0.1, 0.15) is 16.8 Å². The number of anilines is 2. The Balaban J connectivity index is 2.46. The largest absolute Gasteiger partial charge is 0.416 e. The van der Waals surface area contributed by atoms with E-state index in [0.29, 0.717) is 10.7 Å². The van der Waals surface area contributed by atoms with Gasteiger partial charge in [0.05, 0.1) is 12.2 Å². The molecule has 30 heavy (non-hydrogen) atoms. The Morgan fingerprint density at radius 2 is 1.93 bits per heavy atom. The minimum atomic E-state index is -4.63. The molecule has 1 aromatic heterocycles. The molecule has 0 aliphatic heterocycles. The number of hydrogen-bond acceptors (Lipinski definition) is 4. The van der Waals surface area contributed by atoms with Crippen LogP contribution >= 0.6 is 11.6 Å². The summed E-state index contributed by atoms with van der Waals surface area (Å²) < 4.78 is 44.7. The Bertz CT molecular complexity index is 937. The molecule has 6 nitrogen and oxygen atoms in total. The second-order valence-corrected chi connectivity index (χ2v) is 7.07. The number of carbonyl (C=O) groups is 2.